The predicted octanol–water partition coefficient (Wildman–Crippen LogP) is 0.0366. The molecule has 0 aromatic carbocycles. The van der Waals surface area contributed by atoms with Gasteiger partial charge in [-0.1, -0.05) is 0 Å². The molecule has 4 heteroatoms. The van der Waals surface area contributed by atoms with Crippen molar-refractivity contribution in [3.8, 4) is 0 Å². The Morgan fingerprint density at radius 2 is 2.30 bits per heavy atom. The van der Waals surface area contributed by atoms with Crippen molar-refractivity contribution in [1.29, 1.82) is 0 Å². The summed E-state index contributed by atoms with van der Waals surface area (Å²) in [4.78, 5) is 8.87. The smallest absolute Gasteiger partial charge is 0.242 e. The lowest BCUT2D eigenvalue weighted by atomic mass is 10.1. The molecular weight excluding hydrogens is 132 g/mol. The highest BCUT2D eigenvalue weighted by molar-refractivity contribution is 5.84. The van der Waals surface area contributed by atoms with Crippen molar-refractivity contribution in [2.45, 2.75) is 32.5 Å². The monoisotopic (exact) mass is 144 g/mol. The van der Waals surface area contributed by atoms with Crippen molar-refractivity contribution >= 4 is 5.90 Å². The molecule has 2 N–H and O–H groups in total. The summed E-state index contributed by atoms with van der Waals surface area (Å²) < 4.78 is 0. The maximum Gasteiger partial charge on any atom is 0.242 e. The van der Waals surface area contributed by atoms with Gasteiger partial charge in [0.2, 0.25) is 5.90 Å². The van der Waals surface area contributed by atoms with E-state index in [-0.39, 0.29) is 6.17 Å². The van der Waals surface area contributed by atoms with Gasteiger partial charge in [0.25, 0.3) is 0 Å². The van der Waals surface area contributed by atoms with E-state index in [9.17, 15) is 5.11 Å². The van der Waals surface area contributed by atoms with Crippen LogP contribution in [-0.2, 0) is 4.84 Å². The van der Waals surface area contributed by atoms with Gasteiger partial charge < -0.3 is 9.94 Å². The third kappa shape index (κ3) is 1.46. The maximum atomic E-state index is 9.34. The second kappa shape index (κ2) is 2.21. The molecule has 1 aliphatic heterocycles. The van der Waals surface area contributed by atoms with Crippen LogP contribution in [0.15, 0.2) is 4.99 Å². The van der Waals surface area contributed by atoms with Gasteiger partial charge >= 0.3 is 0 Å². The third-order valence-electron chi connectivity index (χ3n) is 1.16. The Bertz CT molecular complexity index is 160. The van der Waals surface area contributed by atoms with Crippen LogP contribution in [0.2, 0.25) is 0 Å². The minimum Gasteiger partial charge on any atom is -0.388 e. The SMILES string of the molecule is CC1N=C(C(C)(C)O)ON1. The van der Waals surface area contributed by atoms with Crippen LogP contribution in [0.5, 0.6) is 0 Å². The molecule has 1 unspecified atom stereocenters. The molecule has 0 aromatic heterocycles. The molecule has 0 radical (unpaired) electrons. The van der Waals surface area contributed by atoms with Crippen molar-refractivity contribution < 1.29 is 9.94 Å². The molecule has 0 bridgehead atoms. The van der Waals surface area contributed by atoms with Gasteiger partial charge in [-0.15, -0.1) is 5.48 Å². The summed E-state index contributed by atoms with van der Waals surface area (Å²) in [6, 6.07) is 0. The molecule has 4 nitrogen and oxygen atoms in total. The van der Waals surface area contributed by atoms with Crippen LogP contribution in [0, 0.1) is 0 Å². The van der Waals surface area contributed by atoms with Crippen LogP contribution in [0.1, 0.15) is 20.8 Å². The summed E-state index contributed by atoms with van der Waals surface area (Å²) in [7, 11) is 0. The Morgan fingerprint density at radius 1 is 1.70 bits per heavy atom. The first-order valence-corrected chi connectivity index (χ1v) is 3.23. The summed E-state index contributed by atoms with van der Waals surface area (Å²) in [6.45, 7) is 5.11. The summed E-state index contributed by atoms with van der Waals surface area (Å²) in [5.74, 6) is 0.347. The van der Waals surface area contributed by atoms with E-state index in [1.165, 1.54) is 0 Å². The molecule has 0 aliphatic carbocycles. The van der Waals surface area contributed by atoms with Crippen LogP contribution in [-0.4, -0.2) is 22.8 Å². The molecule has 0 spiro atoms. The standard InChI is InChI=1S/C6H12N2O2/c1-4-7-5(10-8-4)6(2,3)9/h4,8-9H,1-3H3. The minimum atomic E-state index is -0.974. The van der Waals surface area contributed by atoms with Crippen molar-refractivity contribution in [1.82, 2.24) is 5.48 Å². The van der Waals surface area contributed by atoms with Crippen LogP contribution in [0.4, 0.5) is 0 Å². The molecule has 10 heavy (non-hydrogen) atoms. The predicted molar refractivity (Wildman–Crippen MR) is 37.4 cm³/mol. The van der Waals surface area contributed by atoms with E-state index in [1.54, 1.807) is 13.8 Å². The molecule has 1 heterocycles. The zero-order valence-electron chi connectivity index (χ0n) is 6.38. The number of hydrogen-bond acceptors (Lipinski definition) is 4. The lowest BCUT2D eigenvalue weighted by molar-refractivity contribution is 0.0937. The molecule has 0 fully saturated rings. The Hall–Kier alpha value is -0.610. The molecule has 0 amide bonds. The summed E-state index contributed by atoms with van der Waals surface area (Å²) in [6.07, 6.45) is -0.0542. The van der Waals surface area contributed by atoms with Gasteiger partial charge in [-0.2, -0.15) is 0 Å². The van der Waals surface area contributed by atoms with Gasteiger partial charge in [0.15, 0.2) is 0 Å². The van der Waals surface area contributed by atoms with Gasteiger partial charge in [0.05, 0.1) is 0 Å². The van der Waals surface area contributed by atoms with E-state index in [4.69, 9.17) is 4.84 Å². The molecule has 1 aliphatic rings. The first kappa shape index (κ1) is 7.50. The zero-order valence-corrected chi connectivity index (χ0v) is 6.38. The van der Waals surface area contributed by atoms with Gasteiger partial charge in [-0.05, 0) is 20.8 Å². The van der Waals surface area contributed by atoms with E-state index < -0.39 is 5.60 Å². The molecule has 1 atom stereocenters. The molecule has 0 saturated carbocycles. The average molecular weight is 144 g/mol. The Labute approximate surface area is 59.9 Å². The number of aliphatic imine (C=N–C) groups is 1. The molecule has 0 aromatic rings. The van der Waals surface area contributed by atoms with Gasteiger partial charge in [0, 0.05) is 0 Å². The lowest BCUT2D eigenvalue weighted by Crippen LogP contribution is -2.32. The van der Waals surface area contributed by atoms with Crippen LogP contribution < -0.4 is 5.48 Å². The zero-order chi connectivity index (χ0) is 7.78. The van der Waals surface area contributed by atoms with Gasteiger partial charge in [-0.25, -0.2) is 4.99 Å². The summed E-state index contributed by atoms with van der Waals surface area (Å²) in [5.41, 5.74) is 1.64. The molecular formula is C6H12N2O2. The normalized spacial score (nSPS) is 26.0. The van der Waals surface area contributed by atoms with Crippen LogP contribution in [0.25, 0.3) is 0 Å². The second-order valence-corrected chi connectivity index (χ2v) is 2.89. The Balaban J connectivity index is 2.67. The number of hydroxylamine groups is 1. The van der Waals surface area contributed by atoms with Crippen molar-refractivity contribution in [2.24, 2.45) is 4.99 Å². The first-order chi connectivity index (χ1) is 4.50. The molecule has 1 rings (SSSR count). The van der Waals surface area contributed by atoms with E-state index in [2.05, 4.69) is 10.5 Å². The number of hydrogen-bond donors (Lipinski definition) is 2. The quantitative estimate of drug-likeness (QED) is 0.546. The second-order valence-electron chi connectivity index (χ2n) is 2.89. The highest BCUT2D eigenvalue weighted by atomic mass is 16.7. The minimum absolute atomic E-state index is 0.0542. The maximum absolute atomic E-state index is 9.34. The highest BCUT2D eigenvalue weighted by Gasteiger charge is 2.28. The Morgan fingerprint density at radius 3 is 2.50 bits per heavy atom. The lowest BCUT2D eigenvalue weighted by Gasteiger charge is -2.14. The van der Waals surface area contributed by atoms with E-state index in [0.717, 1.165) is 0 Å². The van der Waals surface area contributed by atoms with E-state index in [1.807, 2.05) is 6.92 Å². The number of rotatable bonds is 1. The molecule has 0 saturated heterocycles. The summed E-state index contributed by atoms with van der Waals surface area (Å²) >= 11 is 0. The number of nitrogens with zero attached hydrogens (tertiary/aromatic N) is 1. The summed E-state index contributed by atoms with van der Waals surface area (Å²) in [5, 5.41) is 9.34. The van der Waals surface area contributed by atoms with E-state index >= 15 is 0 Å². The average Bonchev–Trinajstić information content (AvgIpc) is 2.11. The molecule has 58 valence electrons. The fourth-order valence-electron chi connectivity index (χ4n) is 0.653. The van der Waals surface area contributed by atoms with E-state index in [0.29, 0.717) is 5.90 Å². The Kier molecular flexibility index (Phi) is 1.66. The topological polar surface area (TPSA) is 53.9 Å². The number of nitrogens with one attached hydrogen (secondary N) is 1. The van der Waals surface area contributed by atoms with Crippen molar-refractivity contribution in [3.63, 3.8) is 0 Å². The number of aliphatic hydroxyl groups is 1. The van der Waals surface area contributed by atoms with Gasteiger partial charge in [0.1, 0.15) is 11.8 Å². The van der Waals surface area contributed by atoms with Gasteiger partial charge in [-0.3, -0.25) is 0 Å². The highest BCUT2D eigenvalue weighted by Crippen LogP contribution is 2.10. The largest absolute Gasteiger partial charge is 0.388 e. The van der Waals surface area contributed by atoms with Crippen molar-refractivity contribution in [3.05, 3.63) is 0 Å². The van der Waals surface area contributed by atoms with Crippen LogP contribution in [0.3, 0.4) is 0 Å². The fraction of sp³-hybridized carbons (Fsp3) is 0.833. The first-order valence-electron chi connectivity index (χ1n) is 3.23. The van der Waals surface area contributed by atoms with Crippen LogP contribution >= 0.6 is 0 Å². The van der Waals surface area contributed by atoms with Crippen molar-refractivity contribution in [2.75, 3.05) is 0 Å². The third-order valence-corrected chi connectivity index (χ3v) is 1.16. The fourth-order valence-corrected chi connectivity index (χ4v) is 0.653.